The second-order valence-corrected chi connectivity index (χ2v) is 4.59. The molecule has 0 aliphatic heterocycles. The van der Waals surface area contributed by atoms with E-state index in [0.29, 0.717) is 17.5 Å². The second-order valence-electron chi connectivity index (χ2n) is 4.16. The molecular weight excluding hydrogens is 260 g/mol. The lowest BCUT2D eigenvalue weighted by Gasteiger charge is -2.07. The maximum atomic E-state index is 5.94. The van der Waals surface area contributed by atoms with Crippen LogP contribution in [0.1, 0.15) is 5.56 Å². The molecule has 0 saturated heterocycles. The van der Waals surface area contributed by atoms with E-state index in [-0.39, 0.29) is 0 Å². The van der Waals surface area contributed by atoms with Crippen LogP contribution in [0.3, 0.4) is 0 Å². The Morgan fingerprint density at radius 2 is 1.95 bits per heavy atom. The van der Waals surface area contributed by atoms with E-state index < -0.39 is 0 Å². The van der Waals surface area contributed by atoms with Gasteiger partial charge in [-0.05, 0) is 23.8 Å². The van der Waals surface area contributed by atoms with Crippen LogP contribution in [0, 0.1) is 0 Å². The van der Waals surface area contributed by atoms with E-state index in [9.17, 15) is 0 Å². The molecule has 4 heteroatoms. The van der Waals surface area contributed by atoms with E-state index in [1.807, 2.05) is 48.5 Å². The van der Waals surface area contributed by atoms with Gasteiger partial charge in [0.1, 0.15) is 6.61 Å². The standard InChI is InChI=1S/C15H11ClN2O/c16-13-6-3-4-11(8-13)10-19-15-14-7-2-1-5-12(14)9-17-18-15/h1-9H,10H2. The number of halogens is 1. The van der Waals surface area contributed by atoms with Crippen molar-refractivity contribution in [3.05, 3.63) is 65.3 Å². The largest absolute Gasteiger partial charge is 0.471 e. The van der Waals surface area contributed by atoms with Gasteiger partial charge in [0.05, 0.1) is 6.20 Å². The van der Waals surface area contributed by atoms with E-state index in [0.717, 1.165) is 16.3 Å². The Balaban J connectivity index is 1.86. The van der Waals surface area contributed by atoms with Gasteiger partial charge < -0.3 is 4.74 Å². The normalized spacial score (nSPS) is 10.6. The number of ether oxygens (including phenoxy) is 1. The molecule has 0 saturated carbocycles. The van der Waals surface area contributed by atoms with Crippen LogP contribution in [0.4, 0.5) is 0 Å². The zero-order valence-corrected chi connectivity index (χ0v) is 10.8. The Kier molecular flexibility index (Phi) is 3.29. The number of fused-ring (bicyclic) bond motifs is 1. The van der Waals surface area contributed by atoms with Crippen LogP contribution in [-0.2, 0) is 6.61 Å². The smallest absolute Gasteiger partial charge is 0.241 e. The zero-order valence-electron chi connectivity index (χ0n) is 10.1. The highest BCUT2D eigenvalue weighted by atomic mass is 35.5. The van der Waals surface area contributed by atoms with Gasteiger partial charge in [0.25, 0.3) is 0 Å². The number of nitrogens with zero attached hydrogens (tertiary/aromatic N) is 2. The third kappa shape index (κ3) is 2.66. The average Bonchev–Trinajstić information content (AvgIpc) is 2.45. The van der Waals surface area contributed by atoms with E-state index in [4.69, 9.17) is 16.3 Å². The summed E-state index contributed by atoms with van der Waals surface area (Å²) in [6.45, 7) is 0.420. The molecule has 0 atom stereocenters. The first-order valence-electron chi connectivity index (χ1n) is 5.90. The van der Waals surface area contributed by atoms with Crippen molar-refractivity contribution in [3.63, 3.8) is 0 Å². The molecule has 0 fully saturated rings. The van der Waals surface area contributed by atoms with Gasteiger partial charge in [0.15, 0.2) is 0 Å². The maximum Gasteiger partial charge on any atom is 0.241 e. The first-order valence-corrected chi connectivity index (χ1v) is 6.28. The minimum atomic E-state index is 0.420. The van der Waals surface area contributed by atoms with Gasteiger partial charge in [-0.25, -0.2) is 0 Å². The monoisotopic (exact) mass is 270 g/mol. The summed E-state index contributed by atoms with van der Waals surface area (Å²) in [6.07, 6.45) is 1.72. The number of hydrogen-bond donors (Lipinski definition) is 0. The summed E-state index contributed by atoms with van der Waals surface area (Å²) < 4.78 is 5.73. The molecule has 0 spiro atoms. The van der Waals surface area contributed by atoms with Gasteiger partial charge in [0.2, 0.25) is 5.88 Å². The molecule has 0 N–H and O–H groups in total. The molecule has 0 unspecified atom stereocenters. The molecule has 0 radical (unpaired) electrons. The second kappa shape index (κ2) is 5.24. The van der Waals surface area contributed by atoms with Crippen molar-refractivity contribution in [1.29, 1.82) is 0 Å². The van der Waals surface area contributed by atoms with Gasteiger partial charge in [-0.2, -0.15) is 5.10 Å². The molecule has 1 heterocycles. The van der Waals surface area contributed by atoms with Gasteiger partial charge in [-0.15, -0.1) is 5.10 Å². The van der Waals surface area contributed by atoms with Crippen molar-refractivity contribution in [2.24, 2.45) is 0 Å². The number of hydrogen-bond acceptors (Lipinski definition) is 3. The van der Waals surface area contributed by atoms with Crippen molar-refractivity contribution in [2.75, 3.05) is 0 Å². The van der Waals surface area contributed by atoms with Crippen LogP contribution in [0.15, 0.2) is 54.7 Å². The Hall–Kier alpha value is -2.13. The average molecular weight is 271 g/mol. The maximum absolute atomic E-state index is 5.94. The summed E-state index contributed by atoms with van der Waals surface area (Å²) in [6, 6.07) is 15.4. The Morgan fingerprint density at radius 1 is 1.05 bits per heavy atom. The molecule has 0 amide bonds. The molecular formula is C15H11ClN2O. The van der Waals surface area contributed by atoms with Gasteiger partial charge in [-0.1, -0.05) is 41.9 Å². The molecule has 0 bridgehead atoms. The quantitative estimate of drug-likeness (QED) is 0.725. The van der Waals surface area contributed by atoms with Crippen molar-refractivity contribution < 1.29 is 4.74 Å². The first-order chi connectivity index (χ1) is 9.33. The lowest BCUT2D eigenvalue weighted by Crippen LogP contribution is -1.99. The summed E-state index contributed by atoms with van der Waals surface area (Å²) in [7, 11) is 0. The lowest BCUT2D eigenvalue weighted by atomic mass is 10.2. The number of aromatic nitrogens is 2. The fraction of sp³-hybridized carbons (Fsp3) is 0.0667. The fourth-order valence-corrected chi connectivity index (χ4v) is 2.10. The molecule has 3 rings (SSSR count). The van der Waals surface area contributed by atoms with Crippen molar-refractivity contribution in [1.82, 2.24) is 10.2 Å². The summed E-state index contributed by atoms with van der Waals surface area (Å²) >= 11 is 5.94. The summed E-state index contributed by atoms with van der Waals surface area (Å²) in [5.74, 6) is 0.540. The van der Waals surface area contributed by atoms with Crippen LogP contribution < -0.4 is 4.74 Å². The lowest BCUT2D eigenvalue weighted by molar-refractivity contribution is 0.294. The molecule has 0 aliphatic rings. The molecule has 19 heavy (non-hydrogen) atoms. The number of benzene rings is 2. The van der Waals surface area contributed by atoms with E-state index >= 15 is 0 Å². The predicted molar refractivity (Wildman–Crippen MR) is 75.3 cm³/mol. The van der Waals surface area contributed by atoms with Crippen molar-refractivity contribution >= 4 is 22.4 Å². The Labute approximate surface area is 115 Å². The molecule has 1 aromatic heterocycles. The topological polar surface area (TPSA) is 35.0 Å². The van der Waals surface area contributed by atoms with E-state index in [1.165, 1.54) is 0 Å². The van der Waals surface area contributed by atoms with Crippen LogP contribution in [-0.4, -0.2) is 10.2 Å². The predicted octanol–water partition coefficient (Wildman–Crippen LogP) is 3.86. The van der Waals surface area contributed by atoms with E-state index in [2.05, 4.69) is 10.2 Å². The SMILES string of the molecule is Clc1cccc(COc2nncc3ccccc23)c1. The van der Waals surface area contributed by atoms with Crippen LogP contribution in [0.25, 0.3) is 10.8 Å². The van der Waals surface area contributed by atoms with Crippen LogP contribution in [0.2, 0.25) is 5.02 Å². The summed E-state index contributed by atoms with van der Waals surface area (Å²) in [5.41, 5.74) is 1.00. The molecule has 3 aromatic rings. The van der Waals surface area contributed by atoms with Crippen LogP contribution >= 0.6 is 11.6 Å². The van der Waals surface area contributed by atoms with Crippen LogP contribution in [0.5, 0.6) is 5.88 Å². The highest BCUT2D eigenvalue weighted by molar-refractivity contribution is 6.30. The van der Waals surface area contributed by atoms with Gasteiger partial charge in [-0.3, -0.25) is 0 Å². The van der Waals surface area contributed by atoms with Crippen molar-refractivity contribution in [3.8, 4) is 5.88 Å². The Morgan fingerprint density at radius 3 is 2.84 bits per heavy atom. The first kappa shape index (κ1) is 11.9. The minimum Gasteiger partial charge on any atom is -0.471 e. The van der Waals surface area contributed by atoms with E-state index in [1.54, 1.807) is 6.20 Å². The van der Waals surface area contributed by atoms with Gasteiger partial charge >= 0.3 is 0 Å². The zero-order chi connectivity index (χ0) is 13.1. The highest BCUT2D eigenvalue weighted by Crippen LogP contribution is 2.22. The summed E-state index contributed by atoms with van der Waals surface area (Å²) in [5, 5.41) is 10.7. The molecule has 3 nitrogen and oxygen atoms in total. The van der Waals surface area contributed by atoms with Gasteiger partial charge in [0, 0.05) is 15.8 Å². The molecule has 0 aliphatic carbocycles. The fourth-order valence-electron chi connectivity index (χ4n) is 1.89. The molecule has 2 aromatic carbocycles. The van der Waals surface area contributed by atoms with Crippen molar-refractivity contribution in [2.45, 2.75) is 6.61 Å². The minimum absolute atomic E-state index is 0.420. The highest BCUT2D eigenvalue weighted by Gasteiger charge is 2.04. The molecule has 94 valence electrons. The number of rotatable bonds is 3. The third-order valence-electron chi connectivity index (χ3n) is 2.80. The third-order valence-corrected chi connectivity index (χ3v) is 3.04. The summed E-state index contributed by atoms with van der Waals surface area (Å²) in [4.78, 5) is 0. The Bertz CT molecular complexity index is 710.